The van der Waals surface area contributed by atoms with Gasteiger partial charge in [-0.1, -0.05) is 0 Å². The molecule has 0 bridgehead atoms. The molecule has 0 spiro atoms. The summed E-state index contributed by atoms with van der Waals surface area (Å²) in [6, 6.07) is 1.88. The predicted molar refractivity (Wildman–Crippen MR) is 87.5 cm³/mol. The van der Waals surface area contributed by atoms with Crippen LogP contribution < -0.4 is 11.0 Å². The highest BCUT2D eigenvalue weighted by molar-refractivity contribution is 6.01. The summed E-state index contributed by atoms with van der Waals surface area (Å²) in [6.45, 7) is 4.99. The molecule has 2 heterocycles. The fourth-order valence-corrected chi connectivity index (χ4v) is 2.95. The number of hydrogen-bond acceptors (Lipinski definition) is 3. The van der Waals surface area contributed by atoms with Gasteiger partial charge in [0.1, 0.15) is 0 Å². The molecule has 0 atom stereocenters. The van der Waals surface area contributed by atoms with E-state index in [4.69, 9.17) is 0 Å². The molecule has 1 aliphatic heterocycles. The third-order valence-corrected chi connectivity index (χ3v) is 4.38. The first-order valence-electron chi connectivity index (χ1n) is 7.75. The van der Waals surface area contributed by atoms with Crippen molar-refractivity contribution in [3.63, 3.8) is 0 Å². The first-order chi connectivity index (χ1) is 11.0. The summed E-state index contributed by atoms with van der Waals surface area (Å²) in [5.41, 5.74) is 3.49. The van der Waals surface area contributed by atoms with Gasteiger partial charge in [-0.3, -0.25) is 9.59 Å². The highest BCUT2D eigenvalue weighted by Gasteiger charge is 2.21. The Morgan fingerprint density at radius 3 is 2.78 bits per heavy atom. The van der Waals surface area contributed by atoms with Crippen molar-refractivity contribution >= 4 is 28.5 Å². The minimum absolute atomic E-state index is 0.113. The number of rotatable bonds is 4. The fraction of sp³-hybridized carbons (Fsp3) is 0.438. The molecule has 3 rings (SSSR count). The van der Waals surface area contributed by atoms with Gasteiger partial charge in [0.2, 0.25) is 11.8 Å². The lowest BCUT2D eigenvalue weighted by atomic mass is 10.1. The molecule has 1 saturated heterocycles. The third kappa shape index (κ3) is 2.99. The Kier molecular flexibility index (Phi) is 3.94. The Bertz CT molecular complexity index is 834. The summed E-state index contributed by atoms with van der Waals surface area (Å²) in [4.78, 5) is 42.5. The normalized spacial score (nSPS) is 14.7. The van der Waals surface area contributed by atoms with E-state index in [1.165, 1.54) is 0 Å². The first kappa shape index (κ1) is 15.3. The zero-order valence-electron chi connectivity index (χ0n) is 13.3. The molecule has 23 heavy (non-hydrogen) atoms. The molecule has 3 N–H and O–H groups in total. The van der Waals surface area contributed by atoms with Crippen LogP contribution >= 0.6 is 0 Å². The number of carbonyl (C=O) groups is 2. The van der Waals surface area contributed by atoms with Crippen molar-refractivity contribution in [2.45, 2.75) is 33.1 Å². The van der Waals surface area contributed by atoms with E-state index in [-0.39, 0.29) is 23.9 Å². The van der Waals surface area contributed by atoms with E-state index < -0.39 is 0 Å². The molecule has 0 unspecified atom stereocenters. The van der Waals surface area contributed by atoms with E-state index in [0.29, 0.717) is 29.7 Å². The molecule has 7 nitrogen and oxygen atoms in total. The number of aryl methyl sites for hydroxylation is 1. The maximum absolute atomic E-state index is 12.2. The SMILES string of the molecule is Cc1cc2[nH]c(=O)[nH]c2c(NC(=O)CCN2CCCC2=O)c1C. The van der Waals surface area contributed by atoms with E-state index in [9.17, 15) is 14.4 Å². The number of aromatic amines is 2. The number of imidazole rings is 1. The van der Waals surface area contributed by atoms with Gasteiger partial charge in [0.25, 0.3) is 0 Å². The second-order valence-electron chi connectivity index (χ2n) is 5.98. The van der Waals surface area contributed by atoms with E-state index in [0.717, 1.165) is 24.1 Å². The largest absolute Gasteiger partial charge is 0.342 e. The number of nitrogens with one attached hydrogen (secondary N) is 3. The summed E-state index contributed by atoms with van der Waals surface area (Å²) < 4.78 is 0. The van der Waals surface area contributed by atoms with Crippen LogP contribution in [0.4, 0.5) is 5.69 Å². The maximum atomic E-state index is 12.2. The predicted octanol–water partition coefficient (Wildman–Crippen LogP) is 1.42. The van der Waals surface area contributed by atoms with E-state index in [1.807, 2.05) is 19.9 Å². The average molecular weight is 316 g/mol. The lowest BCUT2D eigenvalue weighted by Crippen LogP contribution is -2.28. The Hall–Kier alpha value is -2.57. The summed E-state index contributed by atoms with van der Waals surface area (Å²) >= 11 is 0. The third-order valence-electron chi connectivity index (χ3n) is 4.38. The first-order valence-corrected chi connectivity index (χ1v) is 7.75. The second-order valence-corrected chi connectivity index (χ2v) is 5.98. The molecule has 2 aromatic rings. The van der Waals surface area contributed by atoms with Gasteiger partial charge < -0.3 is 20.2 Å². The van der Waals surface area contributed by atoms with Crippen molar-refractivity contribution < 1.29 is 9.59 Å². The van der Waals surface area contributed by atoms with Gasteiger partial charge in [-0.25, -0.2) is 4.79 Å². The van der Waals surface area contributed by atoms with Gasteiger partial charge >= 0.3 is 5.69 Å². The van der Waals surface area contributed by atoms with Gasteiger partial charge in [0.15, 0.2) is 0 Å². The number of H-pyrrole nitrogens is 2. The molecular formula is C16H20N4O3. The molecule has 0 saturated carbocycles. The number of fused-ring (bicyclic) bond motifs is 1. The number of nitrogens with zero attached hydrogens (tertiary/aromatic N) is 1. The van der Waals surface area contributed by atoms with Crippen LogP contribution in [0.2, 0.25) is 0 Å². The lowest BCUT2D eigenvalue weighted by Gasteiger charge is -2.16. The summed E-state index contributed by atoms with van der Waals surface area (Å²) in [6.07, 6.45) is 1.68. The number of benzene rings is 1. The van der Waals surface area contributed by atoms with Crippen molar-refractivity contribution in [2.75, 3.05) is 18.4 Å². The Labute approximate surface area is 133 Å². The van der Waals surface area contributed by atoms with Crippen LogP contribution in [0.1, 0.15) is 30.4 Å². The van der Waals surface area contributed by atoms with Gasteiger partial charge in [-0.2, -0.15) is 0 Å². The van der Waals surface area contributed by atoms with Crippen LogP contribution in [0, 0.1) is 13.8 Å². The molecule has 1 aromatic carbocycles. The van der Waals surface area contributed by atoms with Crippen LogP contribution in [-0.4, -0.2) is 39.8 Å². The molecule has 0 aliphatic carbocycles. The molecule has 7 heteroatoms. The van der Waals surface area contributed by atoms with Gasteiger partial charge in [0.05, 0.1) is 16.7 Å². The Morgan fingerprint density at radius 1 is 1.30 bits per heavy atom. The lowest BCUT2D eigenvalue weighted by molar-refractivity contribution is -0.128. The molecule has 2 amide bonds. The minimum Gasteiger partial charge on any atom is -0.342 e. The number of anilines is 1. The van der Waals surface area contributed by atoms with E-state index in [2.05, 4.69) is 15.3 Å². The molecule has 122 valence electrons. The number of carbonyl (C=O) groups excluding carboxylic acids is 2. The van der Waals surface area contributed by atoms with E-state index >= 15 is 0 Å². The number of likely N-dealkylation sites (tertiary alicyclic amines) is 1. The number of hydrogen-bond donors (Lipinski definition) is 3. The zero-order chi connectivity index (χ0) is 16.6. The molecule has 1 aromatic heterocycles. The topological polar surface area (TPSA) is 98.1 Å². The minimum atomic E-state index is -0.303. The Morgan fingerprint density at radius 2 is 2.09 bits per heavy atom. The molecule has 0 radical (unpaired) electrons. The van der Waals surface area contributed by atoms with Crippen molar-refractivity contribution in [1.29, 1.82) is 0 Å². The molecule has 1 aliphatic rings. The van der Waals surface area contributed by atoms with Crippen molar-refractivity contribution in [2.24, 2.45) is 0 Å². The van der Waals surface area contributed by atoms with Gasteiger partial charge in [-0.05, 0) is 37.5 Å². The second kappa shape index (κ2) is 5.91. The van der Waals surface area contributed by atoms with Crippen molar-refractivity contribution in [3.8, 4) is 0 Å². The van der Waals surface area contributed by atoms with Crippen LogP contribution in [-0.2, 0) is 9.59 Å². The monoisotopic (exact) mass is 316 g/mol. The van der Waals surface area contributed by atoms with Crippen LogP contribution in [0.25, 0.3) is 11.0 Å². The molecular weight excluding hydrogens is 296 g/mol. The zero-order valence-corrected chi connectivity index (χ0v) is 13.3. The van der Waals surface area contributed by atoms with Gasteiger partial charge in [-0.15, -0.1) is 0 Å². The maximum Gasteiger partial charge on any atom is 0.323 e. The average Bonchev–Trinajstić information content (AvgIpc) is 3.07. The number of amides is 2. The van der Waals surface area contributed by atoms with Crippen molar-refractivity contribution in [1.82, 2.24) is 14.9 Å². The quantitative estimate of drug-likeness (QED) is 0.795. The number of aromatic nitrogens is 2. The van der Waals surface area contributed by atoms with E-state index in [1.54, 1.807) is 4.90 Å². The van der Waals surface area contributed by atoms with Crippen molar-refractivity contribution in [3.05, 3.63) is 27.7 Å². The van der Waals surface area contributed by atoms with Gasteiger partial charge in [0, 0.05) is 25.9 Å². The highest BCUT2D eigenvalue weighted by Crippen LogP contribution is 2.27. The van der Waals surface area contributed by atoms with Crippen LogP contribution in [0.3, 0.4) is 0 Å². The summed E-state index contributed by atoms with van der Waals surface area (Å²) in [7, 11) is 0. The van der Waals surface area contributed by atoms with Crippen LogP contribution in [0.15, 0.2) is 10.9 Å². The summed E-state index contributed by atoms with van der Waals surface area (Å²) in [5.74, 6) is -0.0522. The molecule has 1 fully saturated rings. The fourth-order valence-electron chi connectivity index (χ4n) is 2.95. The van der Waals surface area contributed by atoms with Crippen LogP contribution in [0.5, 0.6) is 0 Å². The Balaban J connectivity index is 1.77. The summed E-state index contributed by atoms with van der Waals surface area (Å²) in [5, 5.41) is 2.88. The highest BCUT2D eigenvalue weighted by atomic mass is 16.2. The standard InChI is InChI=1S/C16H20N4O3/c1-9-8-11-15(19-16(23)17-11)14(10(9)2)18-12(21)5-7-20-6-3-4-13(20)22/h8H,3-7H2,1-2H3,(H,18,21)(H2,17,19,23). The smallest absolute Gasteiger partial charge is 0.323 e.